The van der Waals surface area contributed by atoms with Gasteiger partial charge in [-0.2, -0.15) is 5.26 Å². The molecule has 0 unspecified atom stereocenters. The van der Waals surface area contributed by atoms with Gasteiger partial charge in [0.05, 0.1) is 30.8 Å². The van der Waals surface area contributed by atoms with E-state index in [1.807, 2.05) is 48.5 Å². The van der Waals surface area contributed by atoms with Crippen LogP contribution in [-0.4, -0.2) is 24.2 Å². The lowest BCUT2D eigenvalue weighted by molar-refractivity contribution is 0.284. The molecule has 32 heavy (non-hydrogen) atoms. The number of rotatable bonds is 7. The van der Waals surface area contributed by atoms with E-state index < -0.39 is 0 Å². The van der Waals surface area contributed by atoms with Crippen molar-refractivity contribution in [1.29, 1.82) is 5.26 Å². The van der Waals surface area contributed by atoms with E-state index in [0.717, 1.165) is 27.9 Å². The molecule has 0 fully saturated rings. The molecule has 0 saturated heterocycles. The van der Waals surface area contributed by atoms with Gasteiger partial charge >= 0.3 is 0 Å². The van der Waals surface area contributed by atoms with Crippen LogP contribution in [0.3, 0.4) is 0 Å². The third kappa shape index (κ3) is 4.57. The molecule has 0 atom stereocenters. The molecular formula is C26H23N3O3. The van der Waals surface area contributed by atoms with Crippen LogP contribution in [0.2, 0.25) is 0 Å². The zero-order chi connectivity index (χ0) is 22.5. The molecule has 0 spiro atoms. The maximum atomic E-state index is 9.72. The van der Waals surface area contributed by atoms with Crippen molar-refractivity contribution in [3.05, 3.63) is 83.2 Å². The number of H-pyrrole nitrogens is 1. The molecule has 1 aromatic heterocycles. The van der Waals surface area contributed by atoms with Crippen molar-refractivity contribution >= 4 is 22.7 Å². The Morgan fingerprint density at radius 1 is 1.03 bits per heavy atom. The van der Waals surface area contributed by atoms with Crippen LogP contribution in [0.25, 0.3) is 22.7 Å². The van der Waals surface area contributed by atoms with Crippen LogP contribution >= 0.6 is 0 Å². The molecule has 0 aliphatic carbocycles. The fourth-order valence-corrected chi connectivity index (χ4v) is 3.42. The highest BCUT2D eigenvalue weighted by Crippen LogP contribution is 2.31. The average molecular weight is 425 g/mol. The van der Waals surface area contributed by atoms with E-state index in [1.165, 1.54) is 5.56 Å². The molecule has 1 N–H and O–H groups in total. The Labute approximate surface area is 186 Å². The Morgan fingerprint density at radius 3 is 2.66 bits per heavy atom. The van der Waals surface area contributed by atoms with Crippen molar-refractivity contribution in [3.8, 4) is 23.3 Å². The second-order valence-electron chi connectivity index (χ2n) is 7.33. The third-order valence-electron chi connectivity index (χ3n) is 5.04. The molecule has 4 rings (SSSR count). The summed E-state index contributed by atoms with van der Waals surface area (Å²) in [5.74, 6) is 2.45. The number of hydrogen-bond donors (Lipinski definition) is 1. The van der Waals surface area contributed by atoms with E-state index in [1.54, 1.807) is 20.3 Å². The molecule has 1 heterocycles. The van der Waals surface area contributed by atoms with Crippen molar-refractivity contribution < 1.29 is 14.2 Å². The van der Waals surface area contributed by atoms with Crippen molar-refractivity contribution in [3.63, 3.8) is 0 Å². The second-order valence-corrected chi connectivity index (χ2v) is 7.33. The molecule has 6 heteroatoms. The fraction of sp³-hybridized carbons (Fsp3) is 0.154. The molecule has 6 nitrogen and oxygen atoms in total. The number of allylic oxidation sites excluding steroid dienone is 1. The Bertz CT molecular complexity index is 1330. The number of methoxy groups -OCH3 is 2. The number of nitrogens with zero attached hydrogens (tertiary/aromatic N) is 2. The summed E-state index contributed by atoms with van der Waals surface area (Å²) in [6.07, 6.45) is 1.77. The van der Waals surface area contributed by atoms with Gasteiger partial charge in [-0.1, -0.05) is 35.9 Å². The summed E-state index contributed by atoms with van der Waals surface area (Å²) in [7, 11) is 3.21. The summed E-state index contributed by atoms with van der Waals surface area (Å²) in [5, 5.41) is 9.72. The molecule has 0 aliphatic rings. The van der Waals surface area contributed by atoms with Crippen molar-refractivity contribution in [2.75, 3.05) is 14.2 Å². The summed E-state index contributed by atoms with van der Waals surface area (Å²) in [6, 6.07) is 21.5. The number of fused-ring (bicyclic) bond motifs is 1. The number of ether oxygens (including phenoxy) is 3. The third-order valence-corrected chi connectivity index (χ3v) is 5.04. The smallest absolute Gasteiger partial charge is 0.161 e. The molecule has 160 valence electrons. The molecule has 0 aliphatic heterocycles. The number of imidazole rings is 1. The minimum atomic E-state index is 0.413. The Morgan fingerprint density at radius 2 is 1.91 bits per heavy atom. The molecule has 0 saturated carbocycles. The minimum Gasteiger partial charge on any atom is -0.497 e. The van der Waals surface area contributed by atoms with Gasteiger partial charge in [0.1, 0.15) is 24.3 Å². The predicted octanol–water partition coefficient (Wildman–Crippen LogP) is 5.53. The average Bonchev–Trinajstić information content (AvgIpc) is 3.24. The van der Waals surface area contributed by atoms with E-state index >= 15 is 0 Å². The highest BCUT2D eigenvalue weighted by Gasteiger charge is 2.11. The SMILES string of the molecule is COc1ccc2nc(/C(C#N)=C\c3ccc(OCc4cccc(C)c4)c(OC)c3)[nH]c2c1. The van der Waals surface area contributed by atoms with E-state index in [-0.39, 0.29) is 0 Å². The quantitative estimate of drug-likeness (QED) is 0.394. The van der Waals surface area contributed by atoms with Gasteiger partial charge in [0, 0.05) is 6.07 Å². The number of aromatic amines is 1. The standard InChI is InChI=1S/C26H23N3O3/c1-17-5-4-6-19(11-17)16-32-24-10-7-18(13-25(24)31-3)12-20(15-27)26-28-22-9-8-21(30-2)14-23(22)29-26/h4-14H,16H2,1-3H3,(H,28,29)/b20-12-. The van der Waals surface area contributed by atoms with Gasteiger partial charge < -0.3 is 19.2 Å². The topological polar surface area (TPSA) is 80.2 Å². The first-order chi connectivity index (χ1) is 15.6. The summed E-state index contributed by atoms with van der Waals surface area (Å²) < 4.78 is 16.7. The monoisotopic (exact) mass is 425 g/mol. The van der Waals surface area contributed by atoms with Gasteiger partial charge in [-0.05, 0) is 48.4 Å². The largest absolute Gasteiger partial charge is 0.497 e. The van der Waals surface area contributed by atoms with Gasteiger partial charge in [-0.25, -0.2) is 4.98 Å². The second kappa shape index (κ2) is 9.27. The molecule has 0 radical (unpaired) electrons. The lowest BCUT2D eigenvalue weighted by Gasteiger charge is -2.12. The van der Waals surface area contributed by atoms with Crippen molar-refractivity contribution in [2.45, 2.75) is 13.5 Å². The number of nitrogens with one attached hydrogen (secondary N) is 1. The van der Waals surface area contributed by atoms with Gasteiger partial charge in [0.15, 0.2) is 11.5 Å². The van der Waals surface area contributed by atoms with E-state index in [0.29, 0.717) is 29.5 Å². The summed E-state index contributed by atoms with van der Waals surface area (Å²) in [5.41, 5.74) is 5.06. The van der Waals surface area contributed by atoms with Gasteiger partial charge in [0.25, 0.3) is 0 Å². The number of nitriles is 1. The number of aromatic nitrogens is 2. The maximum Gasteiger partial charge on any atom is 0.161 e. The zero-order valence-corrected chi connectivity index (χ0v) is 18.2. The number of benzene rings is 3. The normalized spacial score (nSPS) is 11.2. The van der Waals surface area contributed by atoms with Crippen molar-refractivity contribution in [2.24, 2.45) is 0 Å². The number of hydrogen-bond acceptors (Lipinski definition) is 5. The fourth-order valence-electron chi connectivity index (χ4n) is 3.42. The van der Waals surface area contributed by atoms with E-state index in [9.17, 15) is 5.26 Å². The number of aryl methyl sites for hydroxylation is 1. The van der Waals surface area contributed by atoms with Gasteiger partial charge in [-0.3, -0.25) is 0 Å². The van der Waals surface area contributed by atoms with Crippen LogP contribution in [0, 0.1) is 18.3 Å². The van der Waals surface area contributed by atoms with Crippen LogP contribution in [0.1, 0.15) is 22.5 Å². The first kappa shape index (κ1) is 21.0. The van der Waals surface area contributed by atoms with Crippen molar-refractivity contribution in [1.82, 2.24) is 9.97 Å². The van der Waals surface area contributed by atoms with E-state index in [4.69, 9.17) is 14.2 Å². The highest BCUT2D eigenvalue weighted by molar-refractivity contribution is 5.90. The maximum absolute atomic E-state index is 9.72. The Kier molecular flexibility index (Phi) is 6.09. The molecule has 0 amide bonds. The summed E-state index contributed by atoms with van der Waals surface area (Å²) >= 11 is 0. The summed E-state index contributed by atoms with van der Waals surface area (Å²) in [4.78, 5) is 7.71. The molecular weight excluding hydrogens is 402 g/mol. The van der Waals surface area contributed by atoms with Crippen LogP contribution in [0.4, 0.5) is 0 Å². The molecule has 0 bridgehead atoms. The molecule has 4 aromatic rings. The minimum absolute atomic E-state index is 0.413. The Balaban J connectivity index is 1.59. The van der Waals surface area contributed by atoms with Gasteiger partial charge in [0.2, 0.25) is 0 Å². The predicted molar refractivity (Wildman–Crippen MR) is 125 cm³/mol. The first-order valence-electron chi connectivity index (χ1n) is 10.1. The van der Waals surface area contributed by atoms with E-state index in [2.05, 4.69) is 35.1 Å². The molecule has 3 aromatic carbocycles. The lowest BCUT2D eigenvalue weighted by atomic mass is 10.1. The van der Waals surface area contributed by atoms with Crippen LogP contribution in [0.15, 0.2) is 60.7 Å². The summed E-state index contributed by atoms with van der Waals surface area (Å²) in [6.45, 7) is 2.50. The van der Waals surface area contributed by atoms with Gasteiger partial charge in [-0.15, -0.1) is 0 Å². The van der Waals surface area contributed by atoms with Crippen LogP contribution in [-0.2, 0) is 6.61 Å². The first-order valence-corrected chi connectivity index (χ1v) is 10.1. The highest BCUT2D eigenvalue weighted by atomic mass is 16.5. The lowest BCUT2D eigenvalue weighted by Crippen LogP contribution is -1.98. The Hall–Kier alpha value is -4.24. The zero-order valence-electron chi connectivity index (χ0n) is 18.2. The van der Waals surface area contributed by atoms with Crippen LogP contribution in [0.5, 0.6) is 17.2 Å². The van der Waals surface area contributed by atoms with Crippen LogP contribution < -0.4 is 14.2 Å².